The fourth-order valence-electron chi connectivity index (χ4n) is 4.50. The summed E-state index contributed by atoms with van der Waals surface area (Å²) >= 11 is 0. The number of rotatable bonds is 8. The lowest BCUT2D eigenvalue weighted by molar-refractivity contribution is -0.145. The predicted octanol–water partition coefficient (Wildman–Crippen LogP) is 7.17. The largest absolute Gasteiger partial charge is 0.478 e. The van der Waals surface area contributed by atoms with Crippen LogP contribution >= 0.6 is 0 Å². The smallest absolute Gasteiger partial charge is 0.451 e. The SMILES string of the molecule is CC(C)(C)OC(=O)NCc1cc(-c2cnc(C(F)(F)F)nc2)ccc1C(=O)O.CC(C)(C)OC(=O)NCc1cc(-c2cnc(C(F)(F)F)nc2)ccc1C(N)=O. The molecule has 14 nitrogen and oxygen atoms in total. The van der Waals surface area contributed by atoms with E-state index in [1.54, 1.807) is 41.5 Å². The van der Waals surface area contributed by atoms with Gasteiger partial charge < -0.3 is 30.9 Å². The van der Waals surface area contributed by atoms with Gasteiger partial charge in [0.25, 0.3) is 0 Å². The van der Waals surface area contributed by atoms with Crippen LogP contribution in [-0.2, 0) is 34.9 Å². The first-order chi connectivity index (χ1) is 25.7. The molecule has 56 heavy (non-hydrogen) atoms. The summed E-state index contributed by atoms with van der Waals surface area (Å²) in [5.41, 5.74) is 6.08. The van der Waals surface area contributed by atoms with Gasteiger partial charge in [0.15, 0.2) is 0 Å². The van der Waals surface area contributed by atoms with Crippen LogP contribution < -0.4 is 16.4 Å². The minimum absolute atomic E-state index is 0.0624. The second kappa shape index (κ2) is 17.4. The van der Waals surface area contributed by atoms with Crippen molar-refractivity contribution in [1.29, 1.82) is 0 Å². The Morgan fingerprint density at radius 2 is 0.946 bits per heavy atom. The van der Waals surface area contributed by atoms with Gasteiger partial charge in [0, 0.05) is 54.6 Å². The number of carbonyl (C=O) groups excluding carboxylic acids is 3. The van der Waals surface area contributed by atoms with E-state index in [1.807, 2.05) is 0 Å². The van der Waals surface area contributed by atoms with Gasteiger partial charge in [-0.15, -0.1) is 0 Å². The fraction of sp³-hybridized carbons (Fsp3) is 0.333. The maximum atomic E-state index is 12.6. The van der Waals surface area contributed by atoms with Crippen molar-refractivity contribution in [2.24, 2.45) is 5.73 Å². The summed E-state index contributed by atoms with van der Waals surface area (Å²) in [6.07, 6.45) is -6.67. The highest BCUT2D eigenvalue weighted by Crippen LogP contribution is 2.29. The molecule has 2 aromatic carbocycles. The number of alkyl halides is 6. The number of amides is 3. The first kappa shape index (κ1) is 44.1. The molecule has 0 spiro atoms. The van der Waals surface area contributed by atoms with E-state index in [2.05, 4.69) is 30.6 Å². The van der Waals surface area contributed by atoms with Crippen molar-refractivity contribution in [3.05, 3.63) is 95.1 Å². The summed E-state index contributed by atoms with van der Waals surface area (Å²) in [6, 6.07) is 8.59. The van der Waals surface area contributed by atoms with Crippen molar-refractivity contribution in [2.45, 2.75) is 78.2 Å². The standard InChI is InChI=1S/C18H19F3N4O3.C18H18F3N3O4/c1-17(2,3)28-16(27)25-7-11-6-10(4-5-13(11)14(22)26)12-8-23-15(24-9-12)18(19,20)21;1-17(2,3)28-16(27)24-7-11-6-10(4-5-13(11)14(25)26)12-8-22-15(23-9-12)18(19,20)21/h4-6,8-9H,7H2,1-3H3,(H2,22,26)(H,25,27);4-6,8-9H,7H2,1-3H3,(H,24,27)(H,25,26). The molecule has 5 N–H and O–H groups in total. The van der Waals surface area contributed by atoms with E-state index in [4.69, 9.17) is 15.2 Å². The maximum Gasteiger partial charge on any atom is 0.451 e. The second-order valence-electron chi connectivity index (χ2n) is 13.7. The number of nitrogens with zero attached hydrogens (tertiary/aromatic N) is 4. The average molecular weight is 794 g/mol. The zero-order valence-electron chi connectivity index (χ0n) is 30.7. The number of ether oxygens (including phenoxy) is 2. The average Bonchev–Trinajstić information content (AvgIpc) is 3.07. The van der Waals surface area contributed by atoms with Gasteiger partial charge in [0.2, 0.25) is 17.6 Å². The number of benzene rings is 2. The lowest BCUT2D eigenvalue weighted by atomic mass is 10.00. The van der Waals surface area contributed by atoms with Crippen LogP contribution in [0.1, 0.15) is 85.0 Å². The van der Waals surface area contributed by atoms with Crippen LogP contribution in [0.5, 0.6) is 0 Å². The normalized spacial score (nSPS) is 11.8. The minimum Gasteiger partial charge on any atom is -0.478 e. The molecule has 0 unspecified atom stereocenters. The number of halogens is 6. The van der Waals surface area contributed by atoms with E-state index in [9.17, 15) is 50.6 Å². The van der Waals surface area contributed by atoms with Crippen LogP contribution in [0.2, 0.25) is 0 Å². The molecule has 2 aromatic heterocycles. The Hall–Kier alpha value is -6.34. The number of primary amides is 1. The van der Waals surface area contributed by atoms with E-state index < -0.39 is 59.3 Å². The Balaban J connectivity index is 0.000000300. The van der Waals surface area contributed by atoms with Crippen LogP contribution in [0.15, 0.2) is 61.2 Å². The first-order valence-electron chi connectivity index (χ1n) is 16.3. The lowest BCUT2D eigenvalue weighted by Crippen LogP contribution is -2.32. The van der Waals surface area contributed by atoms with Gasteiger partial charge in [-0.1, -0.05) is 12.1 Å². The number of carboxylic acid groups (broad SMARTS) is 1. The Bertz CT molecular complexity index is 1900. The first-order valence-corrected chi connectivity index (χ1v) is 16.3. The molecular formula is C36H37F6N7O7. The summed E-state index contributed by atoms with van der Waals surface area (Å²) in [5.74, 6) is -4.45. The molecule has 0 saturated heterocycles. The van der Waals surface area contributed by atoms with Crippen molar-refractivity contribution < 1.29 is 60.1 Å². The highest BCUT2D eigenvalue weighted by molar-refractivity contribution is 5.95. The van der Waals surface area contributed by atoms with Gasteiger partial charge in [0.05, 0.1) is 5.56 Å². The summed E-state index contributed by atoms with van der Waals surface area (Å²) in [4.78, 5) is 59.8. The molecule has 0 aliphatic heterocycles. The van der Waals surface area contributed by atoms with Crippen LogP contribution in [-0.4, -0.2) is 60.3 Å². The van der Waals surface area contributed by atoms with E-state index in [1.165, 1.54) is 36.4 Å². The summed E-state index contributed by atoms with van der Waals surface area (Å²) < 4.78 is 85.7. The molecule has 0 atom stereocenters. The Morgan fingerprint density at radius 3 is 1.25 bits per heavy atom. The number of alkyl carbamates (subject to hydrolysis) is 2. The highest BCUT2D eigenvalue weighted by Gasteiger charge is 2.35. The van der Waals surface area contributed by atoms with Gasteiger partial charge >= 0.3 is 30.5 Å². The zero-order valence-corrected chi connectivity index (χ0v) is 30.7. The molecule has 4 rings (SSSR count). The number of nitrogens with one attached hydrogen (secondary N) is 2. The third-order valence-electron chi connectivity index (χ3n) is 6.83. The molecule has 0 radical (unpaired) electrons. The number of nitrogens with two attached hydrogens (primary N) is 1. The van der Waals surface area contributed by atoms with Gasteiger partial charge in [-0.3, -0.25) is 4.79 Å². The van der Waals surface area contributed by atoms with E-state index in [0.717, 1.165) is 24.8 Å². The molecule has 3 amide bonds. The molecule has 2 heterocycles. The fourth-order valence-corrected chi connectivity index (χ4v) is 4.50. The molecule has 0 fully saturated rings. The maximum absolute atomic E-state index is 12.6. The summed E-state index contributed by atoms with van der Waals surface area (Å²) in [5, 5.41) is 14.3. The van der Waals surface area contributed by atoms with Crippen molar-refractivity contribution in [3.8, 4) is 22.3 Å². The predicted molar refractivity (Wildman–Crippen MR) is 187 cm³/mol. The number of hydrogen-bond acceptors (Lipinski definition) is 10. The highest BCUT2D eigenvalue weighted by atomic mass is 19.4. The topological polar surface area (TPSA) is 209 Å². The molecule has 300 valence electrons. The summed E-state index contributed by atoms with van der Waals surface area (Å²) in [6.45, 7) is 9.93. The molecule has 0 saturated carbocycles. The van der Waals surface area contributed by atoms with Crippen LogP contribution in [0, 0.1) is 0 Å². The number of carbonyl (C=O) groups is 4. The van der Waals surface area contributed by atoms with Crippen molar-refractivity contribution in [2.75, 3.05) is 0 Å². The molecule has 0 aliphatic carbocycles. The summed E-state index contributed by atoms with van der Waals surface area (Å²) in [7, 11) is 0. The zero-order chi connectivity index (χ0) is 42.2. The van der Waals surface area contributed by atoms with Crippen molar-refractivity contribution in [1.82, 2.24) is 30.6 Å². The Labute approximate surface area is 315 Å². The number of carboxylic acids is 1. The van der Waals surface area contributed by atoms with E-state index in [-0.39, 0.29) is 35.3 Å². The van der Waals surface area contributed by atoms with Crippen LogP contribution in [0.4, 0.5) is 35.9 Å². The number of hydrogen-bond donors (Lipinski definition) is 4. The van der Waals surface area contributed by atoms with Crippen LogP contribution in [0.25, 0.3) is 22.3 Å². The van der Waals surface area contributed by atoms with E-state index >= 15 is 0 Å². The lowest BCUT2D eigenvalue weighted by Gasteiger charge is -2.20. The molecule has 0 aliphatic rings. The molecule has 0 bridgehead atoms. The van der Waals surface area contributed by atoms with Gasteiger partial charge in [-0.25, -0.2) is 34.3 Å². The van der Waals surface area contributed by atoms with Gasteiger partial charge in [-0.2, -0.15) is 26.3 Å². The Morgan fingerprint density at radius 1 is 0.607 bits per heavy atom. The van der Waals surface area contributed by atoms with Crippen molar-refractivity contribution >= 4 is 24.1 Å². The number of aromatic nitrogens is 4. The minimum atomic E-state index is -4.66. The van der Waals surface area contributed by atoms with Gasteiger partial charge in [-0.05, 0) is 88.1 Å². The quantitative estimate of drug-likeness (QED) is 0.131. The second-order valence-corrected chi connectivity index (χ2v) is 13.7. The molecule has 20 heteroatoms. The number of aromatic carboxylic acids is 1. The third-order valence-corrected chi connectivity index (χ3v) is 6.83. The van der Waals surface area contributed by atoms with Gasteiger partial charge in [0.1, 0.15) is 11.2 Å². The van der Waals surface area contributed by atoms with Crippen LogP contribution in [0.3, 0.4) is 0 Å². The van der Waals surface area contributed by atoms with E-state index in [0.29, 0.717) is 22.3 Å². The molecular weight excluding hydrogens is 756 g/mol. The molecule has 4 aromatic rings. The third kappa shape index (κ3) is 13.5. The Kier molecular flexibility index (Phi) is 13.7. The van der Waals surface area contributed by atoms with Crippen molar-refractivity contribution in [3.63, 3.8) is 0 Å². The monoisotopic (exact) mass is 793 g/mol.